The van der Waals surface area contributed by atoms with Crippen LogP contribution >= 0.6 is 23.1 Å². The smallest absolute Gasteiger partial charge is 0.260 e. The molecular formula is C10H9N3OS2. The summed E-state index contributed by atoms with van der Waals surface area (Å²) < 4.78 is 0. The molecule has 2 aromatic rings. The van der Waals surface area contributed by atoms with E-state index in [1.807, 2.05) is 12.3 Å². The van der Waals surface area contributed by atoms with Crippen LogP contribution in [0.1, 0.15) is 6.92 Å². The molecule has 1 unspecified atom stereocenters. The summed E-state index contributed by atoms with van der Waals surface area (Å²) in [7, 11) is 0. The van der Waals surface area contributed by atoms with Crippen LogP contribution in [0.3, 0.4) is 0 Å². The molecule has 0 radical (unpaired) electrons. The van der Waals surface area contributed by atoms with Crippen molar-refractivity contribution in [3.63, 3.8) is 0 Å². The number of thioether (sulfide) groups is 1. The molecule has 2 aromatic heterocycles. The number of nitrogens with zero attached hydrogens (tertiary/aromatic N) is 2. The highest BCUT2D eigenvalue weighted by atomic mass is 32.2. The van der Waals surface area contributed by atoms with Crippen molar-refractivity contribution in [3.05, 3.63) is 21.8 Å². The fourth-order valence-electron chi connectivity index (χ4n) is 1.15. The third-order valence-electron chi connectivity index (χ3n) is 2.00. The standard InChI is InChI=1S/C10H9N3OS2/c1-6(4-11)5-16-10-12-8(14)7-2-3-15-9(7)13-10/h2-3,6H,5H2,1H3,(H,12,13,14). The second-order valence-corrected chi connectivity index (χ2v) is 5.25. The van der Waals surface area contributed by atoms with Crippen LogP contribution in [-0.4, -0.2) is 15.7 Å². The predicted octanol–water partition coefficient (Wildman–Crippen LogP) is 2.24. The zero-order valence-electron chi connectivity index (χ0n) is 8.56. The van der Waals surface area contributed by atoms with Gasteiger partial charge in [0.15, 0.2) is 5.16 Å². The van der Waals surface area contributed by atoms with Crippen LogP contribution in [0.25, 0.3) is 10.2 Å². The SMILES string of the molecule is CC(C#N)CSc1nc2sccc2c(=O)[nH]1. The Morgan fingerprint density at radius 2 is 2.56 bits per heavy atom. The van der Waals surface area contributed by atoms with Crippen molar-refractivity contribution in [2.75, 3.05) is 5.75 Å². The van der Waals surface area contributed by atoms with E-state index < -0.39 is 0 Å². The van der Waals surface area contributed by atoms with Gasteiger partial charge in [-0.3, -0.25) is 4.79 Å². The minimum absolute atomic E-state index is 0.0469. The molecule has 0 aromatic carbocycles. The van der Waals surface area contributed by atoms with Gasteiger partial charge in [-0.25, -0.2) is 4.98 Å². The normalized spacial score (nSPS) is 12.5. The number of rotatable bonds is 3. The first kappa shape index (κ1) is 11.2. The Morgan fingerprint density at radius 1 is 1.75 bits per heavy atom. The summed E-state index contributed by atoms with van der Waals surface area (Å²) in [5.74, 6) is 0.588. The van der Waals surface area contributed by atoms with Crippen LogP contribution in [0.15, 0.2) is 21.4 Å². The highest BCUT2D eigenvalue weighted by Gasteiger charge is 2.07. The van der Waals surface area contributed by atoms with Crippen LogP contribution in [0.5, 0.6) is 0 Å². The fraction of sp³-hybridized carbons (Fsp3) is 0.300. The number of nitriles is 1. The third-order valence-corrected chi connectivity index (χ3v) is 3.94. The molecule has 4 nitrogen and oxygen atoms in total. The van der Waals surface area contributed by atoms with Gasteiger partial charge in [-0.15, -0.1) is 11.3 Å². The molecule has 0 aliphatic carbocycles. The zero-order valence-corrected chi connectivity index (χ0v) is 10.2. The van der Waals surface area contributed by atoms with Crippen LogP contribution in [0.4, 0.5) is 0 Å². The predicted molar refractivity (Wildman–Crippen MR) is 65.7 cm³/mol. The Balaban J connectivity index is 2.26. The maximum atomic E-state index is 11.6. The van der Waals surface area contributed by atoms with Crippen molar-refractivity contribution in [3.8, 4) is 6.07 Å². The van der Waals surface area contributed by atoms with E-state index in [2.05, 4.69) is 16.0 Å². The Kier molecular flexibility index (Phi) is 3.27. The molecule has 0 fully saturated rings. The molecule has 82 valence electrons. The van der Waals surface area contributed by atoms with Crippen molar-refractivity contribution in [1.29, 1.82) is 5.26 Å². The van der Waals surface area contributed by atoms with E-state index in [-0.39, 0.29) is 11.5 Å². The van der Waals surface area contributed by atoms with Gasteiger partial charge in [0.2, 0.25) is 0 Å². The number of hydrogen-bond donors (Lipinski definition) is 1. The van der Waals surface area contributed by atoms with Gasteiger partial charge in [-0.1, -0.05) is 11.8 Å². The molecule has 0 saturated heterocycles. The van der Waals surface area contributed by atoms with Crippen LogP contribution in [0.2, 0.25) is 0 Å². The number of aromatic amines is 1. The number of thiophene rings is 1. The average molecular weight is 251 g/mol. The van der Waals surface area contributed by atoms with E-state index in [1.165, 1.54) is 23.1 Å². The Hall–Kier alpha value is -1.32. The molecule has 0 saturated carbocycles. The molecule has 0 amide bonds. The van der Waals surface area contributed by atoms with E-state index in [0.29, 0.717) is 16.3 Å². The molecular weight excluding hydrogens is 242 g/mol. The summed E-state index contributed by atoms with van der Waals surface area (Å²) in [6.45, 7) is 1.84. The first-order chi connectivity index (χ1) is 7.70. The van der Waals surface area contributed by atoms with Crippen molar-refractivity contribution in [2.45, 2.75) is 12.1 Å². The summed E-state index contributed by atoms with van der Waals surface area (Å²) in [5, 5.41) is 11.7. The van der Waals surface area contributed by atoms with E-state index in [4.69, 9.17) is 5.26 Å². The van der Waals surface area contributed by atoms with Crippen molar-refractivity contribution in [2.24, 2.45) is 5.92 Å². The summed E-state index contributed by atoms with van der Waals surface area (Å²) in [6.07, 6.45) is 0. The van der Waals surface area contributed by atoms with Gasteiger partial charge >= 0.3 is 0 Å². The first-order valence-electron chi connectivity index (χ1n) is 4.70. The lowest BCUT2D eigenvalue weighted by molar-refractivity contribution is 0.857. The zero-order chi connectivity index (χ0) is 11.5. The number of nitrogens with one attached hydrogen (secondary N) is 1. The highest BCUT2D eigenvalue weighted by Crippen LogP contribution is 2.20. The topological polar surface area (TPSA) is 69.5 Å². The summed E-state index contributed by atoms with van der Waals surface area (Å²) in [6, 6.07) is 3.91. The fourth-order valence-corrected chi connectivity index (χ4v) is 2.78. The van der Waals surface area contributed by atoms with E-state index in [1.54, 1.807) is 6.07 Å². The van der Waals surface area contributed by atoms with E-state index in [9.17, 15) is 4.79 Å². The first-order valence-corrected chi connectivity index (χ1v) is 6.57. The maximum absolute atomic E-state index is 11.6. The van der Waals surface area contributed by atoms with E-state index >= 15 is 0 Å². The molecule has 1 atom stereocenters. The lowest BCUT2D eigenvalue weighted by atomic mass is 10.3. The van der Waals surface area contributed by atoms with Crippen LogP contribution in [0, 0.1) is 17.2 Å². The second kappa shape index (κ2) is 4.68. The van der Waals surface area contributed by atoms with Gasteiger partial charge < -0.3 is 4.98 Å². The van der Waals surface area contributed by atoms with Crippen LogP contribution in [-0.2, 0) is 0 Å². The monoisotopic (exact) mass is 251 g/mol. The summed E-state index contributed by atoms with van der Waals surface area (Å²) in [5.41, 5.74) is -0.113. The summed E-state index contributed by atoms with van der Waals surface area (Å²) >= 11 is 2.85. The molecule has 2 rings (SSSR count). The lowest BCUT2D eigenvalue weighted by Gasteiger charge is -2.01. The molecule has 0 aliphatic rings. The number of hydrogen-bond acceptors (Lipinski definition) is 5. The van der Waals surface area contributed by atoms with Gasteiger partial charge in [0, 0.05) is 5.75 Å². The molecule has 2 heterocycles. The largest absolute Gasteiger partial charge is 0.301 e. The molecule has 16 heavy (non-hydrogen) atoms. The lowest BCUT2D eigenvalue weighted by Crippen LogP contribution is -2.08. The Bertz CT molecular complexity index is 596. The average Bonchev–Trinajstić information content (AvgIpc) is 2.74. The van der Waals surface area contributed by atoms with Crippen molar-refractivity contribution < 1.29 is 0 Å². The van der Waals surface area contributed by atoms with Crippen molar-refractivity contribution in [1.82, 2.24) is 9.97 Å². The second-order valence-electron chi connectivity index (χ2n) is 3.35. The molecule has 6 heteroatoms. The summed E-state index contributed by atoms with van der Waals surface area (Å²) in [4.78, 5) is 19.4. The van der Waals surface area contributed by atoms with Gasteiger partial charge in [-0.05, 0) is 18.4 Å². The van der Waals surface area contributed by atoms with Crippen molar-refractivity contribution >= 4 is 33.3 Å². The van der Waals surface area contributed by atoms with Gasteiger partial charge in [-0.2, -0.15) is 5.26 Å². The van der Waals surface area contributed by atoms with Crippen LogP contribution < -0.4 is 5.56 Å². The molecule has 0 bridgehead atoms. The highest BCUT2D eigenvalue weighted by molar-refractivity contribution is 7.99. The van der Waals surface area contributed by atoms with Gasteiger partial charge in [0.1, 0.15) is 4.83 Å². The number of aromatic nitrogens is 2. The molecule has 0 aliphatic heterocycles. The quantitative estimate of drug-likeness (QED) is 0.671. The van der Waals surface area contributed by atoms with Gasteiger partial charge in [0.05, 0.1) is 17.4 Å². The molecule has 1 N–H and O–H groups in total. The Morgan fingerprint density at radius 3 is 3.31 bits per heavy atom. The minimum Gasteiger partial charge on any atom is -0.301 e. The van der Waals surface area contributed by atoms with E-state index in [0.717, 1.165) is 4.83 Å². The maximum Gasteiger partial charge on any atom is 0.260 e. The minimum atomic E-state index is -0.113. The van der Waals surface area contributed by atoms with Gasteiger partial charge in [0.25, 0.3) is 5.56 Å². The number of H-pyrrole nitrogens is 1. The third kappa shape index (κ3) is 2.26. The number of fused-ring (bicyclic) bond motifs is 1. The Labute approximate surface area is 100 Å². The molecule has 0 spiro atoms.